The van der Waals surface area contributed by atoms with Gasteiger partial charge in [-0.3, -0.25) is 9.78 Å². The molecule has 0 spiro atoms. The van der Waals surface area contributed by atoms with Crippen LogP contribution in [-0.4, -0.2) is 34.6 Å². The average Bonchev–Trinajstić information content (AvgIpc) is 3.24. The van der Waals surface area contributed by atoms with E-state index in [-0.39, 0.29) is 18.1 Å². The highest BCUT2D eigenvalue weighted by Gasteiger charge is 2.39. The van der Waals surface area contributed by atoms with Gasteiger partial charge in [0.2, 0.25) is 0 Å². The lowest BCUT2D eigenvalue weighted by Crippen LogP contribution is -2.30. The van der Waals surface area contributed by atoms with Crippen molar-refractivity contribution in [2.24, 2.45) is 0 Å². The van der Waals surface area contributed by atoms with Crippen molar-refractivity contribution >= 4 is 34.6 Å². The van der Waals surface area contributed by atoms with E-state index in [9.17, 15) is 4.79 Å². The van der Waals surface area contributed by atoms with E-state index < -0.39 is 0 Å². The maximum atomic E-state index is 11.4. The molecule has 0 aliphatic carbocycles. The monoisotopic (exact) mass is 361 g/mol. The van der Waals surface area contributed by atoms with Crippen LogP contribution in [0.15, 0.2) is 41.9 Å². The zero-order valence-corrected chi connectivity index (χ0v) is 15.0. The molecule has 1 aliphatic rings. The molecule has 0 bridgehead atoms. The van der Waals surface area contributed by atoms with Crippen LogP contribution in [0, 0.1) is 0 Å². The number of pyridine rings is 1. The van der Waals surface area contributed by atoms with Crippen LogP contribution in [-0.2, 0) is 9.53 Å². The molecule has 2 atom stereocenters. The first-order valence-electron chi connectivity index (χ1n) is 7.79. The van der Waals surface area contributed by atoms with Crippen LogP contribution in [0.5, 0.6) is 0 Å². The lowest BCUT2D eigenvalue weighted by molar-refractivity contribution is -0.140. The molecule has 3 heterocycles. The number of hydrogen-bond donors (Lipinski definition) is 1. The number of nitrogens with one attached hydrogen (secondary N) is 1. The van der Waals surface area contributed by atoms with E-state index in [0.717, 1.165) is 5.69 Å². The first-order chi connectivity index (χ1) is 11.7. The molecule has 3 rings (SSSR count). The van der Waals surface area contributed by atoms with E-state index in [2.05, 4.69) is 26.6 Å². The standard InChI is InChI=1S/C17H19N3O2S2/c1-22-14(21)8-4-10-20-16(13-7-5-11-24-13)15(19-17(20)23)12-6-2-3-9-18-12/h2-3,5-7,9,11,15-16H,4,8,10H2,1H3,(H,19,23)/t15-,16-/m0/s1. The smallest absolute Gasteiger partial charge is 0.305 e. The van der Waals surface area contributed by atoms with Crippen molar-refractivity contribution in [2.45, 2.75) is 24.9 Å². The van der Waals surface area contributed by atoms with Crippen molar-refractivity contribution in [3.63, 3.8) is 0 Å². The molecule has 0 saturated carbocycles. The molecular formula is C17H19N3O2S2. The lowest BCUT2D eigenvalue weighted by Gasteiger charge is -2.26. The number of rotatable bonds is 6. The van der Waals surface area contributed by atoms with Gasteiger partial charge in [-0.2, -0.15) is 0 Å². The Hall–Kier alpha value is -1.99. The minimum absolute atomic E-state index is 0.00970. The molecule has 1 fully saturated rings. The molecule has 24 heavy (non-hydrogen) atoms. The van der Waals surface area contributed by atoms with Crippen molar-refractivity contribution < 1.29 is 9.53 Å². The van der Waals surface area contributed by atoms with Gasteiger partial charge in [-0.1, -0.05) is 12.1 Å². The number of hydrogen-bond acceptors (Lipinski definition) is 5. The molecule has 0 amide bonds. The van der Waals surface area contributed by atoms with E-state index in [4.69, 9.17) is 17.0 Å². The van der Waals surface area contributed by atoms with Gasteiger partial charge in [0.05, 0.1) is 24.9 Å². The van der Waals surface area contributed by atoms with Crippen LogP contribution in [0.1, 0.15) is 35.5 Å². The van der Waals surface area contributed by atoms with Crippen LogP contribution in [0.4, 0.5) is 0 Å². The molecule has 126 valence electrons. The maximum Gasteiger partial charge on any atom is 0.305 e. The highest BCUT2D eigenvalue weighted by molar-refractivity contribution is 7.80. The number of thiocarbonyl (C=S) groups is 1. The van der Waals surface area contributed by atoms with Crippen molar-refractivity contribution in [3.8, 4) is 0 Å². The van der Waals surface area contributed by atoms with Gasteiger partial charge in [-0.05, 0) is 42.2 Å². The fraction of sp³-hybridized carbons (Fsp3) is 0.353. The maximum absolute atomic E-state index is 11.4. The molecule has 0 unspecified atom stereocenters. The van der Waals surface area contributed by atoms with E-state index >= 15 is 0 Å². The fourth-order valence-corrected chi connectivity index (χ4v) is 4.12. The molecule has 1 N–H and O–H groups in total. The van der Waals surface area contributed by atoms with Gasteiger partial charge < -0.3 is 15.0 Å². The van der Waals surface area contributed by atoms with Gasteiger partial charge in [0.1, 0.15) is 0 Å². The van der Waals surface area contributed by atoms with Crippen LogP contribution in [0.2, 0.25) is 0 Å². The molecule has 0 radical (unpaired) electrons. The summed E-state index contributed by atoms with van der Waals surface area (Å²) in [5.74, 6) is -0.193. The first-order valence-corrected chi connectivity index (χ1v) is 9.08. The number of carbonyl (C=O) groups excluding carboxylic acids is 1. The lowest BCUT2D eigenvalue weighted by atomic mass is 10.0. The number of thiophene rings is 1. The van der Waals surface area contributed by atoms with Gasteiger partial charge in [0, 0.05) is 24.0 Å². The Kier molecular flexibility index (Phi) is 5.42. The van der Waals surface area contributed by atoms with Crippen molar-refractivity contribution in [3.05, 3.63) is 52.5 Å². The predicted molar refractivity (Wildman–Crippen MR) is 97.7 cm³/mol. The third kappa shape index (κ3) is 3.57. The summed E-state index contributed by atoms with van der Waals surface area (Å²) < 4.78 is 4.72. The minimum atomic E-state index is -0.193. The summed E-state index contributed by atoms with van der Waals surface area (Å²) >= 11 is 7.26. The van der Waals surface area contributed by atoms with Crippen LogP contribution < -0.4 is 5.32 Å². The fourth-order valence-electron chi connectivity index (χ4n) is 2.91. The predicted octanol–water partition coefficient (Wildman–Crippen LogP) is 3.07. The van der Waals surface area contributed by atoms with Crippen molar-refractivity contribution in [1.82, 2.24) is 15.2 Å². The van der Waals surface area contributed by atoms with E-state index in [1.54, 1.807) is 17.5 Å². The van der Waals surface area contributed by atoms with Gasteiger partial charge >= 0.3 is 5.97 Å². The summed E-state index contributed by atoms with van der Waals surface area (Å²) in [6, 6.07) is 10.2. The van der Waals surface area contributed by atoms with Crippen LogP contribution >= 0.6 is 23.6 Å². The molecule has 2 aromatic rings. The van der Waals surface area contributed by atoms with Crippen molar-refractivity contribution in [2.75, 3.05) is 13.7 Å². The molecular weight excluding hydrogens is 342 g/mol. The molecule has 2 aromatic heterocycles. The topological polar surface area (TPSA) is 54.5 Å². The average molecular weight is 361 g/mol. The molecule has 0 aromatic carbocycles. The number of carbonyl (C=O) groups is 1. The number of esters is 1. The second kappa shape index (κ2) is 7.72. The number of nitrogens with zero attached hydrogens (tertiary/aromatic N) is 2. The Labute approximate surface area is 150 Å². The Balaban J connectivity index is 1.81. The van der Waals surface area contributed by atoms with Gasteiger partial charge in [0.15, 0.2) is 5.11 Å². The third-order valence-corrected chi connectivity index (χ3v) is 5.34. The van der Waals surface area contributed by atoms with E-state index in [1.165, 1.54) is 12.0 Å². The molecule has 1 aliphatic heterocycles. The minimum Gasteiger partial charge on any atom is -0.469 e. The Morgan fingerprint density at radius 1 is 1.42 bits per heavy atom. The first kappa shape index (κ1) is 16.9. The molecule has 1 saturated heterocycles. The van der Waals surface area contributed by atoms with Gasteiger partial charge in [-0.25, -0.2) is 0 Å². The number of aromatic nitrogens is 1. The summed E-state index contributed by atoms with van der Waals surface area (Å²) in [6.45, 7) is 0.701. The van der Waals surface area contributed by atoms with E-state index in [1.807, 2.05) is 24.3 Å². The quantitative estimate of drug-likeness (QED) is 0.630. The Morgan fingerprint density at radius 2 is 2.29 bits per heavy atom. The van der Waals surface area contributed by atoms with Crippen LogP contribution in [0.3, 0.4) is 0 Å². The highest BCUT2D eigenvalue weighted by atomic mass is 32.1. The zero-order valence-electron chi connectivity index (χ0n) is 13.3. The van der Waals surface area contributed by atoms with Gasteiger partial charge in [0.25, 0.3) is 0 Å². The van der Waals surface area contributed by atoms with E-state index in [0.29, 0.717) is 24.5 Å². The summed E-state index contributed by atoms with van der Waals surface area (Å²) in [5, 5.41) is 6.17. The summed E-state index contributed by atoms with van der Waals surface area (Å²) in [6.07, 6.45) is 2.89. The summed E-state index contributed by atoms with van der Waals surface area (Å²) in [4.78, 5) is 19.2. The second-order valence-corrected chi connectivity index (χ2v) is 6.88. The highest BCUT2D eigenvalue weighted by Crippen LogP contribution is 2.40. The molecule has 7 heteroatoms. The Bertz CT molecular complexity index is 691. The largest absolute Gasteiger partial charge is 0.469 e. The normalized spacial score (nSPS) is 20.0. The SMILES string of the molecule is COC(=O)CCCN1C(=S)N[C@@H](c2ccccn2)[C@@H]1c1cccs1. The number of methoxy groups -OCH3 is 1. The van der Waals surface area contributed by atoms with Crippen LogP contribution in [0.25, 0.3) is 0 Å². The summed E-state index contributed by atoms with van der Waals surface area (Å²) in [7, 11) is 1.41. The second-order valence-electron chi connectivity index (χ2n) is 5.52. The summed E-state index contributed by atoms with van der Waals surface area (Å²) in [5.41, 5.74) is 0.966. The zero-order chi connectivity index (χ0) is 16.9. The Morgan fingerprint density at radius 3 is 2.96 bits per heavy atom. The molecule has 5 nitrogen and oxygen atoms in total. The van der Waals surface area contributed by atoms with Gasteiger partial charge in [-0.15, -0.1) is 11.3 Å². The van der Waals surface area contributed by atoms with Crippen molar-refractivity contribution in [1.29, 1.82) is 0 Å². The third-order valence-electron chi connectivity index (χ3n) is 4.04. The number of ether oxygens (including phenoxy) is 1.